The maximum absolute atomic E-state index is 5.55. The summed E-state index contributed by atoms with van der Waals surface area (Å²) in [6.45, 7) is 6.43. The van der Waals surface area contributed by atoms with E-state index in [9.17, 15) is 0 Å². The maximum Gasteiger partial charge on any atom is 0.114 e. The van der Waals surface area contributed by atoms with Gasteiger partial charge in [0.05, 0.1) is 5.33 Å². The topological polar surface area (TPSA) is 13.1 Å². The van der Waals surface area contributed by atoms with Crippen LogP contribution in [0.1, 0.15) is 32.3 Å². The van der Waals surface area contributed by atoms with E-state index in [1.54, 1.807) is 0 Å². The molecule has 1 nitrogen and oxygen atoms in total. The summed E-state index contributed by atoms with van der Waals surface area (Å²) in [4.78, 5) is 0. The van der Waals surface area contributed by atoms with Gasteiger partial charge in [0, 0.05) is 5.41 Å². The first kappa shape index (κ1) is 8.85. The highest BCUT2D eigenvalue weighted by Gasteiger charge is 2.17. The lowest BCUT2D eigenvalue weighted by Gasteiger charge is -2.13. The van der Waals surface area contributed by atoms with E-state index in [0.29, 0.717) is 0 Å². The fourth-order valence-electron chi connectivity index (χ4n) is 0.853. The molecule has 2 heteroatoms. The molecule has 0 aliphatic rings. The zero-order chi connectivity index (χ0) is 8.48. The first-order chi connectivity index (χ1) is 5.04. The van der Waals surface area contributed by atoms with E-state index < -0.39 is 0 Å². The summed E-state index contributed by atoms with van der Waals surface area (Å²) in [5.74, 6) is 2.04. The van der Waals surface area contributed by atoms with Gasteiger partial charge in [0.15, 0.2) is 0 Å². The first-order valence-corrected chi connectivity index (χ1v) is 4.81. The van der Waals surface area contributed by atoms with Crippen molar-refractivity contribution in [3.63, 3.8) is 0 Å². The van der Waals surface area contributed by atoms with Crippen molar-refractivity contribution in [1.29, 1.82) is 0 Å². The van der Waals surface area contributed by atoms with Gasteiger partial charge < -0.3 is 4.42 Å². The molecule has 1 heterocycles. The van der Waals surface area contributed by atoms with Gasteiger partial charge in [-0.1, -0.05) is 36.7 Å². The molecule has 1 aromatic heterocycles. The van der Waals surface area contributed by atoms with Crippen molar-refractivity contribution in [2.24, 2.45) is 0 Å². The highest BCUT2D eigenvalue weighted by molar-refractivity contribution is 9.08. The summed E-state index contributed by atoms with van der Waals surface area (Å²) < 4.78 is 5.55. The van der Waals surface area contributed by atoms with E-state index >= 15 is 0 Å². The Hall–Kier alpha value is -0.240. The average molecular weight is 217 g/mol. The molecule has 1 aromatic rings. The Labute approximate surface area is 75.9 Å². The van der Waals surface area contributed by atoms with Gasteiger partial charge in [0.1, 0.15) is 11.5 Å². The highest BCUT2D eigenvalue weighted by atomic mass is 79.9. The molecule has 0 radical (unpaired) electrons. The lowest BCUT2D eigenvalue weighted by Crippen LogP contribution is -2.08. The van der Waals surface area contributed by atoms with Gasteiger partial charge in [-0.15, -0.1) is 0 Å². The molecule has 0 saturated heterocycles. The monoisotopic (exact) mass is 216 g/mol. The van der Waals surface area contributed by atoms with Gasteiger partial charge in [0.2, 0.25) is 0 Å². The van der Waals surface area contributed by atoms with Gasteiger partial charge in [-0.25, -0.2) is 0 Å². The fourth-order valence-corrected chi connectivity index (χ4v) is 1.15. The number of rotatable bonds is 1. The molecule has 0 bridgehead atoms. The molecule has 0 fully saturated rings. The second-order valence-corrected chi connectivity index (χ2v) is 4.21. The van der Waals surface area contributed by atoms with E-state index in [4.69, 9.17) is 4.42 Å². The van der Waals surface area contributed by atoms with Crippen LogP contribution in [0.25, 0.3) is 0 Å². The van der Waals surface area contributed by atoms with Crippen LogP contribution < -0.4 is 0 Å². The van der Waals surface area contributed by atoms with E-state index in [1.807, 2.05) is 12.1 Å². The molecule has 62 valence electrons. The molecule has 0 aromatic carbocycles. The smallest absolute Gasteiger partial charge is 0.114 e. The zero-order valence-electron chi connectivity index (χ0n) is 7.15. The molecule has 0 aliphatic heterocycles. The summed E-state index contributed by atoms with van der Waals surface area (Å²) in [6.07, 6.45) is 0. The van der Waals surface area contributed by atoms with Crippen molar-refractivity contribution in [3.8, 4) is 0 Å². The number of hydrogen-bond donors (Lipinski definition) is 0. The molecule has 0 spiro atoms. The Morgan fingerprint density at radius 3 is 2.27 bits per heavy atom. The van der Waals surface area contributed by atoms with Gasteiger partial charge >= 0.3 is 0 Å². The Balaban J connectivity index is 2.89. The molecule has 0 saturated carbocycles. The summed E-state index contributed by atoms with van der Waals surface area (Å²) in [7, 11) is 0. The van der Waals surface area contributed by atoms with Crippen LogP contribution >= 0.6 is 15.9 Å². The zero-order valence-corrected chi connectivity index (χ0v) is 8.73. The minimum Gasteiger partial charge on any atom is -0.465 e. The SMILES string of the molecule is CC(C)(C)c1ccc(CBr)o1. The third kappa shape index (κ3) is 2.09. The predicted octanol–water partition coefficient (Wildman–Crippen LogP) is 3.47. The third-order valence-corrected chi connectivity index (χ3v) is 2.09. The van der Waals surface area contributed by atoms with E-state index in [1.165, 1.54) is 0 Å². The lowest BCUT2D eigenvalue weighted by atomic mass is 9.94. The summed E-state index contributed by atoms with van der Waals surface area (Å²) in [6, 6.07) is 4.05. The number of furan rings is 1. The minimum atomic E-state index is 0.125. The largest absolute Gasteiger partial charge is 0.465 e. The Kier molecular flexibility index (Phi) is 2.43. The summed E-state index contributed by atoms with van der Waals surface area (Å²) in [5.41, 5.74) is 0.125. The highest BCUT2D eigenvalue weighted by Crippen LogP contribution is 2.24. The third-order valence-electron chi connectivity index (χ3n) is 1.53. The van der Waals surface area contributed by atoms with Crippen molar-refractivity contribution >= 4 is 15.9 Å². The molecule has 0 amide bonds. The van der Waals surface area contributed by atoms with Crippen LogP contribution in [0.2, 0.25) is 0 Å². The number of hydrogen-bond acceptors (Lipinski definition) is 1. The molecule has 11 heavy (non-hydrogen) atoms. The molecule has 0 aliphatic carbocycles. The quantitative estimate of drug-likeness (QED) is 0.656. The van der Waals surface area contributed by atoms with Crippen LogP contribution in [0.5, 0.6) is 0 Å². The summed E-state index contributed by atoms with van der Waals surface area (Å²) >= 11 is 3.34. The van der Waals surface area contributed by atoms with Crippen molar-refractivity contribution in [3.05, 3.63) is 23.7 Å². The lowest BCUT2D eigenvalue weighted by molar-refractivity contribution is 0.394. The van der Waals surface area contributed by atoms with E-state index in [-0.39, 0.29) is 5.41 Å². The van der Waals surface area contributed by atoms with Gasteiger partial charge in [-0.2, -0.15) is 0 Å². The minimum absolute atomic E-state index is 0.125. The average Bonchev–Trinajstić information content (AvgIpc) is 2.32. The second kappa shape index (κ2) is 3.02. The van der Waals surface area contributed by atoms with Crippen molar-refractivity contribution < 1.29 is 4.42 Å². The van der Waals surface area contributed by atoms with Crippen LogP contribution in [0.3, 0.4) is 0 Å². The molecule has 1 rings (SSSR count). The van der Waals surface area contributed by atoms with E-state index in [0.717, 1.165) is 16.9 Å². The molecular weight excluding hydrogens is 204 g/mol. The Morgan fingerprint density at radius 2 is 2.00 bits per heavy atom. The summed E-state index contributed by atoms with van der Waals surface area (Å²) in [5, 5.41) is 0.795. The van der Waals surface area contributed by atoms with Crippen LogP contribution in [0.4, 0.5) is 0 Å². The van der Waals surface area contributed by atoms with Crippen molar-refractivity contribution in [2.45, 2.75) is 31.5 Å². The van der Waals surface area contributed by atoms with Gasteiger partial charge in [0.25, 0.3) is 0 Å². The maximum atomic E-state index is 5.55. The van der Waals surface area contributed by atoms with Crippen LogP contribution in [0.15, 0.2) is 16.5 Å². The molecule has 0 unspecified atom stereocenters. The second-order valence-electron chi connectivity index (χ2n) is 3.65. The standard InChI is InChI=1S/C9H13BrO/c1-9(2,3)8-5-4-7(6-10)11-8/h4-5H,6H2,1-3H3. The number of alkyl halides is 1. The van der Waals surface area contributed by atoms with Gasteiger partial charge in [-0.3, -0.25) is 0 Å². The predicted molar refractivity (Wildman–Crippen MR) is 50.0 cm³/mol. The van der Waals surface area contributed by atoms with Gasteiger partial charge in [-0.05, 0) is 12.1 Å². The molecule has 0 N–H and O–H groups in total. The normalized spacial score (nSPS) is 12.0. The van der Waals surface area contributed by atoms with Crippen molar-refractivity contribution in [2.75, 3.05) is 0 Å². The number of halogens is 1. The first-order valence-electron chi connectivity index (χ1n) is 3.69. The Bertz CT molecular complexity index is 232. The van der Waals surface area contributed by atoms with Crippen LogP contribution in [-0.2, 0) is 10.7 Å². The van der Waals surface area contributed by atoms with Crippen molar-refractivity contribution in [1.82, 2.24) is 0 Å². The van der Waals surface area contributed by atoms with Crippen LogP contribution in [-0.4, -0.2) is 0 Å². The Morgan fingerprint density at radius 1 is 1.36 bits per heavy atom. The van der Waals surface area contributed by atoms with Crippen LogP contribution in [0, 0.1) is 0 Å². The fraction of sp³-hybridized carbons (Fsp3) is 0.556. The van der Waals surface area contributed by atoms with E-state index in [2.05, 4.69) is 36.7 Å². The molecule has 0 atom stereocenters. The molecular formula is C9H13BrO.